The van der Waals surface area contributed by atoms with E-state index in [0.29, 0.717) is 12.1 Å². The molecule has 20 heavy (non-hydrogen) atoms. The van der Waals surface area contributed by atoms with Gasteiger partial charge in [0.1, 0.15) is 0 Å². The van der Waals surface area contributed by atoms with Crippen LogP contribution in [0.2, 0.25) is 0 Å². The zero-order valence-electron chi connectivity index (χ0n) is 11.3. The van der Waals surface area contributed by atoms with Crippen LogP contribution in [0.25, 0.3) is 10.9 Å². The number of likely N-dealkylation sites (N-methyl/N-ethyl adjacent to an activating group) is 1. The molecule has 6 nitrogen and oxygen atoms in total. The molecule has 0 aliphatic carbocycles. The fourth-order valence-corrected chi connectivity index (χ4v) is 2.03. The molecular formula is C14H18N4O2. The molecule has 2 amide bonds. The van der Waals surface area contributed by atoms with Crippen LogP contribution in [-0.4, -0.2) is 36.9 Å². The number of amides is 2. The van der Waals surface area contributed by atoms with Gasteiger partial charge in [-0.15, -0.1) is 0 Å². The number of H-pyrrole nitrogens is 1. The number of rotatable bonds is 5. The third-order valence-electron chi connectivity index (χ3n) is 3.13. The summed E-state index contributed by atoms with van der Waals surface area (Å²) < 4.78 is 0. The lowest BCUT2D eigenvalue weighted by Gasteiger charge is -2.05. The highest BCUT2D eigenvalue weighted by Crippen LogP contribution is 2.20. The van der Waals surface area contributed by atoms with Crippen LogP contribution in [0.5, 0.6) is 0 Å². The Morgan fingerprint density at radius 2 is 2.15 bits per heavy atom. The predicted molar refractivity (Wildman–Crippen MR) is 77.5 cm³/mol. The summed E-state index contributed by atoms with van der Waals surface area (Å²) in [7, 11) is 1.53. The quantitative estimate of drug-likeness (QED) is 0.624. The average Bonchev–Trinajstić information content (AvgIpc) is 2.87. The van der Waals surface area contributed by atoms with Crippen LogP contribution in [0.15, 0.2) is 24.4 Å². The lowest BCUT2D eigenvalue weighted by atomic mass is 10.1. The molecule has 0 unspecified atom stereocenters. The van der Waals surface area contributed by atoms with Gasteiger partial charge in [-0.3, -0.25) is 9.59 Å². The van der Waals surface area contributed by atoms with Crippen molar-refractivity contribution in [1.29, 1.82) is 0 Å². The molecule has 0 fully saturated rings. The molecule has 1 aromatic carbocycles. The summed E-state index contributed by atoms with van der Waals surface area (Å²) in [6.45, 7) is 0.524. The minimum absolute atomic E-state index is 0.0316. The van der Waals surface area contributed by atoms with Gasteiger partial charge in [0.05, 0.1) is 6.54 Å². The van der Waals surface area contributed by atoms with Crippen molar-refractivity contribution in [3.8, 4) is 0 Å². The highest BCUT2D eigenvalue weighted by Gasteiger charge is 2.10. The first-order valence-corrected chi connectivity index (χ1v) is 6.44. The van der Waals surface area contributed by atoms with E-state index in [1.807, 2.05) is 18.3 Å². The fourth-order valence-electron chi connectivity index (χ4n) is 2.03. The Kier molecular flexibility index (Phi) is 4.37. The lowest BCUT2D eigenvalue weighted by molar-refractivity contribution is -0.119. The molecule has 0 bridgehead atoms. The molecule has 0 saturated carbocycles. The number of nitrogens with two attached hydrogens (primary N) is 1. The number of carbonyl (C=O) groups excluding carboxylic acids is 2. The Morgan fingerprint density at radius 1 is 1.35 bits per heavy atom. The highest BCUT2D eigenvalue weighted by atomic mass is 16.2. The van der Waals surface area contributed by atoms with E-state index in [9.17, 15) is 9.59 Å². The van der Waals surface area contributed by atoms with Crippen molar-refractivity contribution >= 4 is 22.7 Å². The molecule has 106 valence electrons. The van der Waals surface area contributed by atoms with Gasteiger partial charge in [0.25, 0.3) is 5.91 Å². The van der Waals surface area contributed by atoms with E-state index in [0.717, 1.165) is 22.9 Å². The first-order chi connectivity index (χ1) is 9.65. The summed E-state index contributed by atoms with van der Waals surface area (Å²) in [5.41, 5.74) is 8.15. The van der Waals surface area contributed by atoms with Crippen molar-refractivity contribution < 1.29 is 9.59 Å². The van der Waals surface area contributed by atoms with Crippen molar-refractivity contribution in [2.24, 2.45) is 5.73 Å². The van der Waals surface area contributed by atoms with Crippen molar-refractivity contribution in [2.45, 2.75) is 6.42 Å². The second-order valence-electron chi connectivity index (χ2n) is 4.47. The zero-order chi connectivity index (χ0) is 14.5. The number of hydrogen-bond donors (Lipinski definition) is 4. The molecule has 0 radical (unpaired) electrons. The van der Waals surface area contributed by atoms with Crippen LogP contribution in [0.1, 0.15) is 15.9 Å². The third kappa shape index (κ3) is 2.97. The van der Waals surface area contributed by atoms with Crippen LogP contribution in [0.3, 0.4) is 0 Å². The number of nitrogens with one attached hydrogen (secondary N) is 3. The average molecular weight is 274 g/mol. The van der Waals surface area contributed by atoms with Crippen LogP contribution in [0, 0.1) is 0 Å². The number of carbonyl (C=O) groups is 2. The Bertz CT molecular complexity index is 633. The molecule has 0 saturated heterocycles. The summed E-state index contributed by atoms with van der Waals surface area (Å²) in [4.78, 5) is 26.2. The largest absolute Gasteiger partial charge is 0.361 e. The molecule has 2 aromatic rings. The van der Waals surface area contributed by atoms with Gasteiger partial charge in [-0.2, -0.15) is 0 Å². The number of aromatic amines is 1. The van der Waals surface area contributed by atoms with Crippen molar-refractivity contribution in [3.05, 3.63) is 35.5 Å². The predicted octanol–water partition coefficient (Wildman–Crippen LogP) is 0.145. The maximum atomic E-state index is 12.0. The van der Waals surface area contributed by atoms with E-state index in [1.165, 1.54) is 7.05 Å². The Hall–Kier alpha value is -2.34. The van der Waals surface area contributed by atoms with Gasteiger partial charge in [-0.25, -0.2) is 0 Å². The normalized spacial score (nSPS) is 10.5. The highest BCUT2D eigenvalue weighted by molar-refractivity contribution is 6.00. The summed E-state index contributed by atoms with van der Waals surface area (Å²) in [6.07, 6.45) is 2.66. The molecular weight excluding hydrogens is 256 g/mol. The van der Waals surface area contributed by atoms with Crippen molar-refractivity contribution in [3.63, 3.8) is 0 Å². The second-order valence-corrected chi connectivity index (χ2v) is 4.47. The van der Waals surface area contributed by atoms with Crippen LogP contribution in [0.4, 0.5) is 0 Å². The first-order valence-electron chi connectivity index (χ1n) is 6.44. The van der Waals surface area contributed by atoms with E-state index in [1.54, 1.807) is 6.07 Å². The maximum absolute atomic E-state index is 12.0. The first kappa shape index (κ1) is 14.1. The Labute approximate surface area is 116 Å². The minimum Gasteiger partial charge on any atom is -0.361 e. The van der Waals surface area contributed by atoms with Gasteiger partial charge in [0.15, 0.2) is 0 Å². The topological polar surface area (TPSA) is 100 Å². The summed E-state index contributed by atoms with van der Waals surface area (Å²) in [6, 6.07) is 5.39. The lowest BCUT2D eigenvalue weighted by Crippen LogP contribution is -2.35. The third-order valence-corrected chi connectivity index (χ3v) is 3.13. The number of fused-ring (bicyclic) bond motifs is 1. The molecule has 1 aromatic heterocycles. The van der Waals surface area contributed by atoms with Crippen LogP contribution in [-0.2, 0) is 11.2 Å². The molecule has 0 aliphatic heterocycles. The fraction of sp³-hybridized carbons (Fsp3) is 0.286. The van der Waals surface area contributed by atoms with E-state index >= 15 is 0 Å². The van der Waals surface area contributed by atoms with E-state index < -0.39 is 0 Å². The minimum atomic E-state index is -0.268. The summed E-state index contributed by atoms with van der Waals surface area (Å²) >= 11 is 0. The van der Waals surface area contributed by atoms with Crippen LogP contribution < -0.4 is 16.4 Å². The molecule has 1 heterocycles. The summed E-state index contributed by atoms with van der Waals surface area (Å²) in [5.74, 6) is -0.500. The molecule has 2 rings (SSSR count). The Balaban J connectivity index is 2.19. The standard InChI is InChI=1S/C14H18N4O2/c1-16-13(19)8-18-14(20)9-2-3-12-11(6-9)10(4-5-15)7-17-12/h2-3,6-7,17H,4-5,8,15H2,1H3,(H,16,19)(H,18,20). The molecule has 0 atom stereocenters. The van der Waals surface area contributed by atoms with Gasteiger partial charge in [-0.1, -0.05) is 0 Å². The molecule has 5 N–H and O–H groups in total. The Morgan fingerprint density at radius 3 is 2.85 bits per heavy atom. The van der Waals surface area contributed by atoms with E-state index in [-0.39, 0.29) is 18.4 Å². The van der Waals surface area contributed by atoms with Crippen LogP contribution >= 0.6 is 0 Å². The zero-order valence-corrected chi connectivity index (χ0v) is 11.3. The van der Waals surface area contributed by atoms with Gasteiger partial charge >= 0.3 is 0 Å². The SMILES string of the molecule is CNC(=O)CNC(=O)c1ccc2[nH]cc(CCN)c2c1. The van der Waals surface area contributed by atoms with Crippen molar-refractivity contribution in [1.82, 2.24) is 15.6 Å². The number of benzene rings is 1. The second kappa shape index (κ2) is 6.21. The number of hydrogen-bond acceptors (Lipinski definition) is 3. The number of aromatic nitrogens is 1. The molecule has 6 heteroatoms. The van der Waals surface area contributed by atoms with Gasteiger partial charge < -0.3 is 21.4 Å². The van der Waals surface area contributed by atoms with Crippen molar-refractivity contribution in [2.75, 3.05) is 20.1 Å². The summed E-state index contributed by atoms with van der Waals surface area (Å²) in [5, 5.41) is 6.01. The smallest absolute Gasteiger partial charge is 0.251 e. The van der Waals surface area contributed by atoms with Gasteiger partial charge in [0, 0.05) is 29.7 Å². The molecule has 0 aliphatic rings. The maximum Gasteiger partial charge on any atom is 0.251 e. The van der Waals surface area contributed by atoms with E-state index in [2.05, 4.69) is 15.6 Å². The van der Waals surface area contributed by atoms with E-state index in [4.69, 9.17) is 5.73 Å². The monoisotopic (exact) mass is 274 g/mol. The van der Waals surface area contributed by atoms with Gasteiger partial charge in [-0.05, 0) is 36.7 Å². The van der Waals surface area contributed by atoms with Gasteiger partial charge in [0.2, 0.25) is 5.91 Å². The molecule has 0 spiro atoms.